The van der Waals surface area contributed by atoms with E-state index in [9.17, 15) is 9.18 Å². The van der Waals surface area contributed by atoms with Crippen LogP contribution in [0.15, 0.2) is 16.6 Å². The molecule has 0 saturated carbocycles. The zero-order valence-corrected chi connectivity index (χ0v) is 12.5. The third kappa shape index (κ3) is 3.45. The largest absolute Gasteiger partial charge is 0.469 e. The minimum atomic E-state index is -0.332. The summed E-state index contributed by atoms with van der Waals surface area (Å²) in [6.07, 6.45) is 0. The molecule has 1 rings (SSSR count). The number of hydrogen-bond donors (Lipinski definition) is 1. The molecule has 1 aromatic rings. The summed E-state index contributed by atoms with van der Waals surface area (Å²) in [5.41, 5.74) is 1.59. The molecule has 0 bridgehead atoms. The van der Waals surface area contributed by atoms with E-state index in [1.807, 2.05) is 13.8 Å². The number of nitrogens with one attached hydrogen (secondary N) is 1. The number of anilines is 1. The Morgan fingerprint density at radius 3 is 2.61 bits per heavy atom. The second-order valence-corrected chi connectivity index (χ2v) is 5.18. The summed E-state index contributed by atoms with van der Waals surface area (Å²) < 4.78 is 18.6. The lowest BCUT2D eigenvalue weighted by molar-refractivity contribution is -0.145. The summed E-state index contributed by atoms with van der Waals surface area (Å²) >= 11 is 3.13. The molecule has 0 heterocycles. The van der Waals surface area contributed by atoms with Crippen LogP contribution in [0.25, 0.3) is 0 Å². The molecule has 3 nitrogen and oxygen atoms in total. The van der Waals surface area contributed by atoms with E-state index < -0.39 is 0 Å². The molecule has 0 aliphatic rings. The average molecular weight is 318 g/mol. The molecule has 0 amide bonds. The number of aryl methyl sites for hydroxylation is 1. The van der Waals surface area contributed by atoms with Crippen LogP contribution in [0.3, 0.4) is 0 Å². The smallest absolute Gasteiger partial charge is 0.310 e. The van der Waals surface area contributed by atoms with Gasteiger partial charge in [0.05, 0.1) is 17.5 Å². The molecule has 1 N–H and O–H groups in total. The van der Waals surface area contributed by atoms with Crippen molar-refractivity contribution in [3.05, 3.63) is 28.0 Å². The summed E-state index contributed by atoms with van der Waals surface area (Å²) in [5.74, 6) is -0.924. The maximum absolute atomic E-state index is 13.5. The molecular weight excluding hydrogens is 301 g/mol. The molecule has 100 valence electrons. The third-order valence-electron chi connectivity index (χ3n) is 2.97. The van der Waals surface area contributed by atoms with E-state index in [0.717, 1.165) is 5.56 Å². The van der Waals surface area contributed by atoms with Gasteiger partial charge in [0, 0.05) is 11.7 Å². The SMILES string of the molecule is COC(=O)C(C)C(C)Nc1cc(F)c(Br)cc1C. The van der Waals surface area contributed by atoms with Crippen LogP contribution in [0.2, 0.25) is 0 Å². The van der Waals surface area contributed by atoms with Gasteiger partial charge in [-0.05, 0) is 54.4 Å². The lowest BCUT2D eigenvalue weighted by atomic mass is 10.0. The normalized spacial score (nSPS) is 13.9. The minimum Gasteiger partial charge on any atom is -0.469 e. The van der Waals surface area contributed by atoms with Gasteiger partial charge in [0.25, 0.3) is 0 Å². The quantitative estimate of drug-likeness (QED) is 0.864. The van der Waals surface area contributed by atoms with E-state index in [2.05, 4.69) is 26.0 Å². The lowest BCUT2D eigenvalue weighted by Gasteiger charge is -2.21. The number of halogens is 2. The van der Waals surface area contributed by atoms with Crippen LogP contribution in [-0.2, 0) is 9.53 Å². The predicted molar refractivity (Wildman–Crippen MR) is 73.1 cm³/mol. The summed E-state index contributed by atoms with van der Waals surface area (Å²) in [7, 11) is 1.36. The Morgan fingerprint density at radius 1 is 1.44 bits per heavy atom. The number of ether oxygens (including phenoxy) is 1. The fourth-order valence-corrected chi connectivity index (χ4v) is 2.02. The molecule has 0 aromatic heterocycles. The van der Waals surface area contributed by atoms with Gasteiger partial charge in [-0.1, -0.05) is 0 Å². The fraction of sp³-hybridized carbons (Fsp3) is 0.462. The first kappa shape index (κ1) is 15.0. The zero-order valence-electron chi connectivity index (χ0n) is 10.9. The standard InChI is InChI=1S/C13H17BrFNO2/c1-7-5-10(14)11(15)6-12(7)16-9(3)8(2)13(17)18-4/h5-6,8-9,16H,1-4H3. The maximum atomic E-state index is 13.5. The van der Waals surface area contributed by atoms with Crippen LogP contribution in [0, 0.1) is 18.7 Å². The average Bonchev–Trinajstić information content (AvgIpc) is 2.33. The number of carbonyl (C=O) groups is 1. The highest BCUT2D eigenvalue weighted by molar-refractivity contribution is 9.10. The van der Waals surface area contributed by atoms with Crippen molar-refractivity contribution in [1.82, 2.24) is 0 Å². The van der Waals surface area contributed by atoms with Crippen molar-refractivity contribution in [2.24, 2.45) is 5.92 Å². The van der Waals surface area contributed by atoms with Crippen molar-refractivity contribution in [3.8, 4) is 0 Å². The van der Waals surface area contributed by atoms with Gasteiger partial charge in [-0.15, -0.1) is 0 Å². The second kappa shape index (κ2) is 6.18. The molecule has 5 heteroatoms. The Balaban J connectivity index is 2.85. The van der Waals surface area contributed by atoms with Crippen LogP contribution < -0.4 is 5.32 Å². The molecule has 0 fully saturated rings. The van der Waals surface area contributed by atoms with Crippen molar-refractivity contribution in [2.75, 3.05) is 12.4 Å². The molecule has 2 unspecified atom stereocenters. The highest BCUT2D eigenvalue weighted by Gasteiger charge is 2.21. The van der Waals surface area contributed by atoms with Crippen molar-refractivity contribution in [2.45, 2.75) is 26.8 Å². The fourth-order valence-electron chi connectivity index (χ4n) is 1.56. The number of hydrogen-bond acceptors (Lipinski definition) is 3. The highest BCUT2D eigenvalue weighted by atomic mass is 79.9. The molecule has 0 aliphatic heterocycles. The van der Waals surface area contributed by atoms with E-state index >= 15 is 0 Å². The molecular formula is C13H17BrFNO2. The summed E-state index contributed by atoms with van der Waals surface area (Å²) in [4.78, 5) is 11.4. The van der Waals surface area contributed by atoms with Gasteiger partial charge < -0.3 is 10.1 Å². The Hall–Kier alpha value is -1.10. The first-order valence-corrected chi connectivity index (χ1v) is 6.46. The van der Waals surface area contributed by atoms with Crippen molar-refractivity contribution >= 4 is 27.6 Å². The van der Waals surface area contributed by atoms with Crippen LogP contribution in [0.4, 0.5) is 10.1 Å². The number of rotatable bonds is 4. The van der Waals surface area contributed by atoms with Gasteiger partial charge in [0.15, 0.2) is 0 Å². The summed E-state index contributed by atoms with van der Waals surface area (Å²) in [6.45, 7) is 5.51. The van der Waals surface area contributed by atoms with E-state index in [-0.39, 0.29) is 23.7 Å². The maximum Gasteiger partial charge on any atom is 0.310 e. The van der Waals surface area contributed by atoms with Gasteiger partial charge >= 0.3 is 5.97 Å². The van der Waals surface area contributed by atoms with E-state index in [4.69, 9.17) is 0 Å². The molecule has 1 aromatic carbocycles. The second-order valence-electron chi connectivity index (χ2n) is 4.33. The van der Waals surface area contributed by atoms with Gasteiger partial charge in [-0.3, -0.25) is 4.79 Å². The molecule has 2 atom stereocenters. The van der Waals surface area contributed by atoms with Gasteiger partial charge in [0.1, 0.15) is 5.82 Å². The minimum absolute atomic E-state index is 0.142. The highest BCUT2D eigenvalue weighted by Crippen LogP contribution is 2.25. The molecule has 18 heavy (non-hydrogen) atoms. The molecule has 0 aliphatic carbocycles. The van der Waals surface area contributed by atoms with Gasteiger partial charge in [-0.25, -0.2) is 4.39 Å². The zero-order chi connectivity index (χ0) is 13.9. The topological polar surface area (TPSA) is 38.3 Å². The summed E-state index contributed by atoms with van der Waals surface area (Å²) in [5, 5.41) is 3.13. The number of methoxy groups -OCH3 is 1. The van der Waals surface area contributed by atoms with Crippen LogP contribution in [0.5, 0.6) is 0 Å². The Kier molecular flexibility index (Phi) is 5.14. The van der Waals surface area contributed by atoms with Gasteiger partial charge in [0.2, 0.25) is 0 Å². The molecule has 0 spiro atoms. The van der Waals surface area contributed by atoms with Gasteiger partial charge in [-0.2, -0.15) is 0 Å². The van der Waals surface area contributed by atoms with E-state index in [1.165, 1.54) is 13.2 Å². The first-order valence-electron chi connectivity index (χ1n) is 5.66. The van der Waals surface area contributed by atoms with E-state index in [1.54, 1.807) is 13.0 Å². The predicted octanol–water partition coefficient (Wildman–Crippen LogP) is 3.51. The molecule has 0 saturated heterocycles. The number of esters is 1. The first-order chi connectivity index (χ1) is 8.36. The van der Waals surface area contributed by atoms with Crippen molar-refractivity contribution in [1.29, 1.82) is 0 Å². The summed E-state index contributed by atoms with van der Waals surface area (Å²) in [6, 6.07) is 2.98. The Morgan fingerprint density at radius 2 is 2.06 bits per heavy atom. The Bertz CT molecular complexity index is 451. The molecule has 0 radical (unpaired) electrons. The van der Waals surface area contributed by atoms with Crippen LogP contribution in [-0.4, -0.2) is 19.1 Å². The number of carbonyl (C=O) groups excluding carboxylic acids is 1. The third-order valence-corrected chi connectivity index (χ3v) is 3.58. The van der Waals surface area contributed by atoms with E-state index in [0.29, 0.717) is 10.2 Å². The Labute approximate surface area is 115 Å². The number of benzene rings is 1. The lowest BCUT2D eigenvalue weighted by Crippen LogP contribution is -2.31. The van der Waals surface area contributed by atoms with Crippen molar-refractivity contribution in [3.63, 3.8) is 0 Å². The van der Waals surface area contributed by atoms with Crippen LogP contribution in [0.1, 0.15) is 19.4 Å². The van der Waals surface area contributed by atoms with Crippen molar-refractivity contribution < 1.29 is 13.9 Å². The van der Waals surface area contributed by atoms with Crippen LogP contribution >= 0.6 is 15.9 Å². The monoisotopic (exact) mass is 317 g/mol.